The van der Waals surface area contributed by atoms with Gasteiger partial charge in [-0.1, -0.05) is 31.5 Å². The summed E-state index contributed by atoms with van der Waals surface area (Å²) in [6, 6.07) is 9.62. The van der Waals surface area contributed by atoms with Gasteiger partial charge in [0, 0.05) is 18.3 Å². The van der Waals surface area contributed by atoms with Gasteiger partial charge in [0.15, 0.2) is 0 Å². The molecule has 2 aliphatic rings. The molecule has 1 aliphatic carbocycles. The first kappa shape index (κ1) is 12.0. The number of nitrogens with zero attached hydrogens (tertiary/aromatic N) is 1. The number of fused-ring (bicyclic) bond motifs is 1. The van der Waals surface area contributed by atoms with Gasteiger partial charge in [-0.25, -0.2) is 0 Å². The highest BCUT2D eigenvalue weighted by Gasteiger charge is 2.34. The van der Waals surface area contributed by atoms with E-state index in [-0.39, 0.29) is 0 Å². The van der Waals surface area contributed by atoms with Crippen molar-refractivity contribution < 1.29 is 0 Å². The van der Waals surface area contributed by atoms with Crippen molar-refractivity contribution >= 4 is 5.69 Å². The van der Waals surface area contributed by atoms with Crippen LogP contribution in [0.5, 0.6) is 0 Å². The number of rotatable bonds is 2. The minimum absolute atomic E-state index is 0.680. The van der Waals surface area contributed by atoms with Crippen LogP contribution in [0.2, 0.25) is 0 Å². The molecule has 2 N–H and O–H groups in total. The largest absolute Gasteiger partial charge is 0.368 e. The summed E-state index contributed by atoms with van der Waals surface area (Å²) in [7, 11) is 0. The van der Waals surface area contributed by atoms with Crippen molar-refractivity contribution in [2.45, 2.75) is 38.6 Å². The fourth-order valence-corrected chi connectivity index (χ4v) is 3.85. The molecule has 0 radical (unpaired) electrons. The maximum atomic E-state index is 5.96. The predicted molar refractivity (Wildman–Crippen MR) is 76.8 cm³/mol. The Bertz CT molecular complexity index is 415. The lowest BCUT2D eigenvalue weighted by molar-refractivity contribution is 0.415. The van der Waals surface area contributed by atoms with E-state index in [2.05, 4.69) is 36.1 Å². The molecule has 0 bridgehead atoms. The summed E-state index contributed by atoms with van der Waals surface area (Å²) < 4.78 is 0. The van der Waals surface area contributed by atoms with Crippen LogP contribution < -0.4 is 10.6 Å². The third-order valence-corrected chi connectivity index (χ3v) is 4.70. The normalized spacial score (nSPS) is 31.4. The van der Waals surface area contributed by atoms with Crippen LogP contribution in [-0.2, 0) is 6.42 Å². The fraction of sp³-hybridized carbons (Fsp3) is 0.625. The zero-order valence-corrected chi connectivity index (χ0v) is 11.3. The van der Waals surface area contributed by atoms with Crippen LogP contribution in [0.25, 0.3) is 0 Å². The minimum atomic E-state index is 0.680. The van der Waals surface area contributed by atoms with Gasteiger partial charge >= 0.3 is 0 Å². The fourth-order valence-electron chi connectivity index (χ4n) is 3.85. The van der Waals surface area contributed by atoms with Gasteiger partial charge in [-0.05, 0) is 49.3 Å². The van der Waals surface area contributed by atoms with Gasteiger partial charge in [-0.2, -0.15) is 0 Å². The van der Waals surface area contributed by atoms with Crippen molar-refractivity contribution in [2.75, 3.05) is 18.0 Å². The van der Waals surface area contributed by atoms with Crippen molar-refractivity contribution in [3.8, 4) is 0 Å². The Kier molecular flexibility index (Phi) is 3.29. The van der Waals surface area contributed by atoms with E-state index in [1.807, 2.05) is 0 Å². The maximum Gasteiger partial charge on any atom is 0.0401 e. The summed E-state index contributed by atoms with van der Waals surface area (Å²) >= 11 is 0. The van der Waals surface area contributed by atoms with Gasteiger partial charge in [-0.3, -0.25) is 0 Å². The summed E-state index contributed by atoms with van der Waals surface area (Å²) in [6.07, 6.45) is 5.21. The molecule has 3 rings (SSSR count). The predicted octanol–water partition coefficient (Wildman–Crippen LogP) is 2.81. The van der Waals surface area contributed by atoms with Crippen molar-refractivity contribution in [3.63, 3.8) is 0 Å². The molecule has 1 aliphatic heterocycles. The van der Waals surface area contributed by atoms with Crippen LogP contribution in [0.4, 0.5) is 5.69 Å². The average Bonchev–Trinajstić information content (AvgIpc) is 2.85. The smallest absolute Gasteiger partial charge is 0.0401 e. The van der Waals surface area contributed by atoms with Crippen LogP contribution in [-0.4, -0.2) is 19.1 Å². The highest BCUT2D eigenvalue weighted by molar-refractivity contribution is 5.56. The Labute approximate surface area is 110 Å². The SMILES string of the molecule is CC1Cc2ccccc2N(C2CCCC2CN)C1. The van der Waals surface area contributed by atoms with E-state index in [4.69, 9.17) is 5.73 Å². The quantitative estimate of drug-likeness (QED) is 0.867. The molecule has 98 valence electrons. The molecule has 1 aromatic rings. The lowest BCUT2D eigenvalue weighted by Crippen LogP contribution is -2.45. The van der Waals surface area contributed by atoms with Gasteiger partial charge in [0.05, 0.1) is 0 Å². The first-order chi connectivity index (χ1) is 8.79. The first-order valence-corrected chi connectivity index (χ1v) is 7.34. The highest BCUT2D eigenvalue weighted by atomic mass is 15.2. The van der Waals surface area contributed by atoms with E-state index < -0.39 is 0 Å². The molecule has 0 spiro atoms. The topological polar surface area (TPSA) is 29.3 Å². The second-order valence-corrected chi connectivity index (χ2v) is 6.08. The summed E-state index contributed by atoms with van der Waals surface area (Å²) in [5, 5.41) is 0. The van der Waals surface area contributed by atoms with Crippen LogP contribution in [0, 0.1) is 11.8 Å². The Hall–Kier alpha value is -1.02. The molecular formula is C16H24N2. The van der Waals surface area contributed by atoms with Crippen molar-refractivity contribution in [2.24, 2.45) is 17.6 Å². The van der Waals surface area contributed by atoms with E-state index in [1.165, 1.54) is 43.5 Å². The van der Waals surface area contributed by atoms with E-state index in [9.17, 15) is 0 Å². The monoisotopic (exact) mass is 244 g/mol. The molecular weight excluding hydrogens is 220 g/mol. The number of benzene rings is 1. The van der Waals surface area contributed by atoms with Crippen LogP contribution in [0.3, 0.4) is 0 Å². The Morgan fingerprint density at radius 2 is 2.11 bits per heavy atom. The Morgan fingerprint density at radius 3 is 2.94 bits per heavy atom. The lowest BCUT2D eigenvalue weighted by atomic mass is 9.90. The molecule has 3 atom stereocenters. The van der Waals surface area contributed by atoms with E-state index in [0.29, 0.717) is 12.0 Å². The Balaban J connectivity index is 1.92. The lowest BCUT2D eigenvalue weighted by Gasteiger charge is -2.41. The second kappa shape index (κ2) is 4.93. The second-order valence-electron chi connectivity index (χ2n) is 6.08. The number of hydrogen-bond donors (Lipinski definition) is 1. The zero-order valence-electron chi connectivity index (χ0n) is 11.3. The highest BCUT2D eigenvalue weighted by Crippen LogP contribution is 2.37. The van der Waals surface area contributed by atoms with Crippen molar-refractivity contribution in [1.29, 1.82) is 0 Å². The van der Waals surface area contributed by atoms with Crippen LogP contribution in [0.15, 0.2) is 24.3 Å². The standard InChI is InChI=1S/C16H24N2/c1-12-9-13-5-2-3-7-15(13)18(11-12)16-8-4-6-14(16)10-17/h2-3,5,7,12,14,16H,4,6,8-11,17H2,1H3. The van der Waals surface area contributed by atoms with Gasteiger partial charge in [0.2, 0.25) is 0 Å². The molecule has 1 aromatic carbocycles. The van der Waals surface area contributed by atoms with Crippen LogP contribution in [0.1, 0.15) is 31.7 Å². The van der Waals surface area contributed by atoms with Gasteiger partial charge in [0.1, 0.15) is 0 Å². The van der Waals surface area contributed by atoms with E-state index in [1.54, 1.807) is 0 Å². The molecule has 2 heteroatoms. The molecule has 1 fully saturated rings. The van der Waals surface area contributed by atoms with Crippen LogP contribution >= 0.6 is 0 Å². The maximum absolute atomic E-state index is 5.96. The van der Waals surface area contributed by atoms with Gasteiger partial charge in [0.25, 0.3) is 0 Å². The number of hydrogen-bond acceptors (Lipinski definition) is 2. The molecule has 18 heavy (non-hydrogen) atoms. The molecule has 1 saturated carbocycles. The molecule has 3 unspecified atom stereocenters. The minimum Gasteiger partial charge on any atom is -0.368 e. The number of para-hydroxylation sites is 1. The third kappa shape index (κ3) is 2.03. The van der Waals surface area contributed by atoms with Crippen molar-refractivity contribution in [3.05, 3.63) is 29.8 Å². The van der Waals surface area contributed by atoms with Gasteiger partial charge < -0.3 is 10.6 Å². The van der Waals surface area contributed by atoms with E-state index >= 15 is 0 Å². The molecule has 2 nitrogen and oxygen atoms in total. The summed E-state index contributed by atoms with van der Waals surface area (Å²) in [6.45, 7) is 4.42. The average molecular weight is 244 g/mol. The molecule has 0 aromatic heterocycles. The molecule has 0 saturated heterocycles. The number of nitrogens with two attached hydrogens (primary N) is 1. The van der Waals surface area contributed by atoms with Gasteiger partial charge in [-0.15, -0.1) is 0 Å². The zero-order chi connectivity index (χ0) is 12.5. The van der Waals surface area contributed by atoms with Crippen molar-refractivity contribution in [1.82, 2.24) is 0 Å². The molecule has 0 amide bonds. The van der Waals surface area contributed by atoms with E-state index in [0.717, 1.165) is 12.5 Å². The molecule has 1 heterocycles. The summed E-state index contributed by atoms with van der Waals surface area (Å²) in [5.74, 6) is 1.46. The third-order valence-electron chi connectivity index (χ3n) is 4.70. The Morgan fingerprint density at radius 1 is 1.28 bits per heavy atom. The summed E-state index contributed by atoms with van der Waals surface area (Å²) in [5.41, 5.74) is 8.96. The number of anilines is 1. The first-order valence-electron chi connectivity index (χ1n) is 7.34. The summed E-state index contributed by atoms with van der Waals surface area (Å²) in [4.78, 5) is 2.66.